The number of aromatic nitrogens is 2. The van der Waals surface area contributed by atoms with Crippen LogP contribution in [0.2, 0.25) is 0 Å². The normalized spacial score (nSPS) is 15.8. The van der Waals surface area contributed by atoms with Gasteiger partial charge in [0, 0.05) is 22.2 Å². The van der Waals surface area contributed by atoms with Crippen LogP contribution >= 0.6 is 0 Å². The molecule has 5 heterocycles. The maximum absolute atomic E-state index is 12.3. The van der Waals surface area contributed by atoms with Gasteiger partial charge in [0.1, 0.15) is 11.5 Å². The second-order valence-electron chi connectivity index (χ2n) is 9.57. The highest BCUT2D eigenvalue weighted by Crippen LogP contribution is 2.19. The number of ether oxygens (including phenoxy) is 2. The zero-order valence-electron chi connectivity index (χ0n) is 21.7. The molecule has 3 aliphatic heterocycles. The minimum atomic E-state index is -0.980. The first-order chi connectivity index (χ1) is 18.7. The predicted molar refractivity (Wildman–Crippen MR) is 153 cm³/mol. The van der Waals surface area contributed by atoms with Crippen molar-refractivity contribution in [2.24, 2.45) is 0 Å². The predicted octanol–water partition coefficient (Wildman–Crippen LogP) is 6.01. The monoisotopic (exact) mass is 526 g/mol. The molecule has 0 N–H and O–H groups in total. The van der Waals surface area contributed by atoms with Gasteiger partial charge in [0.15, 0.2) is 0 Å². The molecule has 3 aliphatic rings. The van der Waals surface area contributed by atoms with E-state index in [1.165, 1.54) is 11.1 Å². The molecule has 0 spiro atoms. The van der Waals surface area contributed by atoms with E-state index < -0.39 is 10.8 Å². The first-order valence-corrected chi connectivity index (χ1v) is 14.9. The molecule has 2 aromatic heterocycles. The van der Waals surface area contributed by atoms with Crippen LogP contribution in [-0.2, 0) is 36.5 Å². The average Bonchev–Trinajstić information content (AvgIpc) is 2.95. The van der Waals surface area contributed by atoms with Crippen LogP contribution in [0.3, 0.4) is 0 Å². The number of benzene rings is 2. The summed E-state index contributed by atoms with van der Waals surface area (Å²) in [6, 6.07) is 28.9. The lowest BCUT2D eigenvalue weighted by molar-refractivity contribution is 0.337. The fourth-order valence-electron chi connectivity index (χ4n) is 4.58. The Kier molecular flexibility index (Phi) is 9.16. The number of hydrogen-bond acceptors (Lipinski definition) is 5. The molecular weight excluding hydrogens is 492 g/mol. The maximum Gasteiger partial charge on any atom is 0.119 e. The largest absolute Gasteiger partial charge is 0.493 e. The molecule has 0 saturated heterocycles. The van der Waals surface area contributed by atoms with Gasteiger partial charge in [0.2, 0.25) is 0 Å². The Labute approximate surface area is 227 Å². The van der Waals surface area contributed by atoms with Crippen molar-refractivity contribution in [3.63, 3.8) is 0 Å². The van der Waals surface area contributed by atoms with Crippen LogP contribution in [0.1, 0.15) is 35.4 Å². The molecule has 4 aromatic rings. The molecule has 0 amide bonds. The van der Waals surface area contributed by atoms with Crippen LogP contribution in [0.15, 0.2) is 84.9 Å². The third-order valence-electron chi connectivity index (χ3n) is 6.68. The second kappa shape index (κ2) is 13.3. The number of aryl methyl sites for hydroxylation is 4. The molecule has 8 bridgehead atoms. The molecule has 0 aliphatic carbocycles. The second-order valence-corrected chi connectivity index (χ2v) is 11.3. The summed E-state index contributed by atoms with van der Waals surface area (Å²) in [7, 11) is -0.980. The van der Waals surface area contributed by atoms with Crippen molar-refractivity contribution in [2.45, 2.75) is 38.5 Å². The Morgan fingerprint density at radius 1 is 0.553 bits per heavy atom. The molecule has 6 heteroatoms. The Balaban J connectivity index is 1.29. The van der Waals surface area contributed by atoms with Crippen LogP contribution in [-0.4, -0.2) is 38.9 Å². The average molecular weight is 527 g/mol. The van der Waals surface area contributed by atoms with E-state index in [2.05, 4.69) is 48.5 Å². The van der Waals surface area contributed by atoms with Crippen LogP contribution in [0.4, 0.5) is 0 Å². The Hall–Kier alpha value is -3.51. The summed E-state index contributed by atoms with van der Waals surface area (Å²) >= 11 is 0. The highest BCUT2D eigenvalue weighted by molar-refractivity contribution is 7.85. The molecule has 0 fully saturated rings. The van der Waals surface area contributed by atoms with Crippen molar-refractivity contribution in [2.75, 3.05) is 24.7 Å². The molecule has 2 aromatic carbocycles. The molecule has 0 unspecified atom stereocenters. The quantitative estimate of drug-likeness (QED) is 0.281. The van der Waals surface area contributed by atoms with Crippen molar-refractivity contribution in [3.8, 4) is 22.9 Å². The van der Waals surface area contributed by atoms with Gasteiger partial charge in [-0.25, -0.2) is 0 Å². The summed E-state index contributed by atoms with van der Waals surface area (Å²) < 4.78 is 24.0. The summed E-state index contributed by atoms with van der Waals surface area (Å²) in [5.41, 5.74) is 6.59. The first kappa shape index (κ1) is 26.1. The van der Waals surface area contributed by atoms with Crippen molar-refractivity contribution in [1.29, 1.82) is 0 Å². The Bertz CT molecular complexity index is 1240. The van der Waals surface area contributed by atoms with E-state index in [9.17, 15) is 4.21 Å². The van der Waals surface area contributed by atoms with Gasteiger partial charge in [0.25, 0.3) is 0 Å². The van der Waals surface area contributed by atoms with Crippen LogP contribution < -0.4 is 9.47 Å². The molecule has 0 saturated carbocycles. The van der Waals surface area contributed by atoms with Gasteiger partial charge in [-0.1, -0.05) is 36.4 Å². The fraction of sp³-hybridized carbons (Fsp3) is 0.312. The van der Waals surface area contributed by atoms with Crippen LogP contribution in [0.5, 0.6) is 11.5 Å². The van der Waals surface area contributed by atoms with Crippen LogP contribution in [0.25, 0.3) is 11.4 Å². The van der Waals surface area contributed by atoms with E-state index in [1.807, 2.05) is 36.4 Å². The van der Waals surface area contributed by atoms with E-state index in [4.69, 9.17) is 19.4 Å². The summed E-state index contributed by atoms with van der Waals surface area (Å²) in [6.07, 6.45) is 5.83. The zero-order chi connectivity index (χ0) is 26.0. The third kappa shape index (κ3) is 7.75. The lowest BCUT2D eigenvalue weighted by Crippen LogP contribution is -2.15. The number of nitrogens with zero attached hydrogens (tertiary/aromatic N) is 2. The van der Waals surface area contributed by atoms with Gasteiger partial charge < -0.3 is 9.47 Å². The Morgan fingerprint density at radius 3 is 1.45 bits per heavy atom. The van der Waals surface area contributed by atoms with E-state index in [1.54, 1.807) is 0 Å². The summed E-state index contributed by atoms with van der Waals surface area (Å²) in [4.78, 5) is 9.81. The van der Waals surface area contributed by atoms with Gasteiger partial charge in [-0.3, -0.25) is 14.2 Å². The molecular formula is C32H34N2O3S. The minimum absolute atomic E-state index is 0.431. The lowest BCUT2D eigenvalue weighted by atomic mass is 10.1. The van der Waals surface area contributed by atoms with E-state index in [0.29, 0.717) is 24.7 Å². The highest BCUT2D eigenvalue weighted by atomic mass is 32.2. The zero-order valence-corrected chi connectivity index (χ0v) is 22.5. The Morgan fingerprint density at radius 2 is 1.00 bits per heavy atom. The molecule has 7 rings (SSSR count). The number of hydrogen-bond donors (Lipinski definition) is 0. The summed E-state index contributed by atoms with van der Waals surface area (Å²) in [5.74, 6) is 2.60. The van der Waals surface area contributed by atoms with Crippen molar-refractivity contribution < 1.29 is 13.7 Å². The molecule has 0 radical (unpaired) electrons. The van der Waals surface area contributed by atoms with E-state index in [0.717, 1.165) is 72.8 Å². The van der Waals surface area contributed by atoms with Gasteiger partial charge >= 0.3 is 0 Å². The maximum atomic E-state index is 12.3. The summed E-state index contributed by atoms with van der Waals surface area (Å²) in [6.45, 7) is 0.861. The molecule has 0 atom stereocenters. The topological polar surface area (TPSA) is 61.3 Å². The van der Waals surface area contributed by atoms with Crippen molar-refractivity contribution >= 4 is 10.8 Å². The van der Waals surface area contributed by atoms with Crippen molar-refractivity contribution in [1.82, 2.24) is 9.97 Å². The molecule has 38 heavy (non-hydrogen) atoms. The van der Waals surface area contributed by atoms with Crippen LogP contribution in [0, 0.1) is 0 Å². The molecule has 196 valence electrons. The lowest BCUT2D eigenvalue weighted by Gasteiger charge is -2.09. The third-order valence-corrected chi connectivity index (χ3v) is 7.92. The molecule has 5 nitrogen and oxygen atoms in total. The standard InChI is InChI=1S/C32H34N2O3S/c35-38-23-21-36-29-17-13-25(14-18-29)5-1-7-27-9-3-11-31(33-27)32-12-4-10-28(34-32)8-2-6-26-15-19-30(20-16-26)37-22-24-38/h3-4,9-20H,1-2,5-8,21-24H2. The number of pyridine rings is 2. The van der Waals surface area contributed by atoms with E-state index >= 15 is 0 Å². The summed E-state index contributed by atoms with van der Waals surface area (Å²) in [5, 5.41) is 0. The van der Waals surface area contributed by atoms with Gasteiger partial charge in [-0.05, 0) is 98.2 Å². The minimum Gasteiger partial charge on any atom is -0.493 e. The SMILES string of the molecule is O=S1CCOc2ccc(cc2)CCCc2cccc(n2)-c2cccc(n2)CCCc2ccc(cc2)OCC1. The number of rotatable bonds is 0. The fourth-order valence-corrected chi connectivity index (χ4v) is 5.32. The van der Waals surface area contributed by atoms with Gasteiger partial charge in [-0.2, -0.15) is 0 Å². The first-order valence-electron chi connectivity index (χ1n) is 13.4. The smallest absolute Gasteiger partial charge is 0.119 e. The highest BCUT2D eigenvalue weighted by Gasteiger charge is 2.07. The van der Waals surface area contributed by atoms with E-state index in [-0.39, 0.29) is 0 Å². The van der Waals surface area contributed by atoms with Crippen molar-refractivity contribution in [3.05, 3.63) is 107 Å². The number of fused-ring (bicyclic) bond motifs is 2. The van der Waals surface area contributed by atoms with Gasteiger partial charge in [-0.15, -0.1) is 0 Å². The van der Waals surface area contributed by atoms with Gasteiger partial charge in [0.05, 0.1) is 36.1 Å².